The van der Waals surface area contributed by atoms with Crippen molar-refractivity contribution >= 4 is 33.8 Å². The van der Waals surface area contributed by atoms with E-state index in [0.29, 0.717) is 10.8 Å². The standard InChI is InChI=1S/C22H22ClN3O2S/c1-3-26-9-8-14-18(11-26)29-22-19(14)21(27)24-20(25-22)17-7-6-16(28-17)13-5-4-12(2)15(23)10-13/h4-7,10,20,25H,3,8-9,11H2,1-2H3,(H,24,27)/t20-/m0/s1. The molecule has 0 aliphatic carbocycles. The number of thiophene rings is 1. The average molecular weight is 428 g/mol. The van der Waals surface area contributed by atoms with Gasteiger partial charge in [-0.25, -0.2) is 0 Å². The number of hydrogen-bond donors (Lipinski definition) is 2. The Morgan fingerprint density at radius 3 is 2.93 bits per heavy atom. The first-order valence-electron chi connectivity index (χ1n) is 9.84. The lowest BCUT2D eigenvalue weighted by atomic mass is 10.0. The van der Waals surface area contributed by atoms with Crippen molar-refractivity contribution in [3.05, 3.63) is 62.7 Å². The monoisotopic (exact) mass is 427 g/mol. The predicted molar refractivity (Wildman–Crippen MR) is 117 cm³/mol. The van der Waals surface area contributed by atoms with Crippen LogP contribution in [-0.4, -0.2) is 23.9 Å². The molecule has 7 heteroatoms. The molecule has 5 nitrogen and oxygen atoms in total. The summed E-state index contributed by atoms with van der Waals surface area (Å²) >= 11 is 7.94. The van der Waals surface area contributed by atoms with E-state index in [-0.39, 0.29) is 12.1 Å². The number of hydrogen-bond acceptors (Lipinski definition) is 5. The number of halogens is 1. The Bertz CT molecular complexity index is 1100. The number of aryl methyl sites for hydroxylation is 1. The van der Waals surface area contributed by atoms with Crippen LogP contribution in [0.2, 0.25) is 5.02 Å². The lowest BCUT2D eigenvalue weighted by molar-refractivity contribution is 0.0930. The van der Waals surface area contributed by atoms with Gasteiger partial charge in [0.05, 0.1) is 5.56 Å². The summed E-state index contributed by atoms with van der Waals surface area (Å²) in [5.74, 6) is 1.38. The first-order chi connectivity index (χ1) is 14.0. The first kappa shape index (κ1) is 18.7. The lowest BCUT2D eigenvalue weighted by Gasteiger charge is -2.27. The molecule has 4 heterocycles. The highest BCUT2D eigenvalue weighted by atomic mass is 35.5. The molecule has 29 heavy (non-hydrogen) atoms. The normalized spacial score (nSPS) is 18.7. The fourth-order valence-corrected chi connectivity index (χ4v) is 5.49. The molecule has 150 valence electrons. The molecule has 0 unspecified atom stereocenters. The Morgan fingerprint density at radius 2 is 2.14 bits per heavy atom. The van der Waals surface area contributed by atoms with Gasteiger partial charge >= 0.3 is 0 Å². The Kier molecular flexibility index (Phi) is 4.65. The Labute approximate surface area is 178 Å². The maximum absolute atomic E-state index is 12.9. The summed E-state index contributed by atoms with van der Waals surface area (Å²) < 4.78 is 6.06. The molecule has 0 bridgehead atoms. The van der Waals surface area contributed by atoms with E-state index in [1.807, 2.05) is 37.3 Å². The van der Waals surface area contributed by atoms with Gasteiger partial charge in [0.15, 0.2) is 6.17 Å². The van der Waals surface area contributed by atoms with E-state index in [4.69, 9.17) is 16.0 Å². The van der Waals surface area contributed by atoms with Gasteiger partial charge in [-0.1, -0.05) is 30.7 Å². The number of carbonyl (C=O) groups is 1. The molecule has 0 fully saturated rings. The molecule has 0 saturated heterocycles. The number of benzene rings is 1. The van der Waals surface area contributed by atoms with Crippen LogP contribution < -0.4 is 10.6 Å². The van der Waals surface area contributed by atoms with Crippen LogP contribution in [0.15, 0.2) is 34.7 Å². The van der Waals surface area contributed by atoms with Crippen molar-refractivity contribution in [3.63, 3.8) is 0 Å². The van der Waals surface area contributed by atoms with E-state index in [0.717, 1.165) is 53.5 Å². The molecule has 1 amide bonds. The van der Waals surface area contributed by atoms with Crippen molar-refractivity contribution in [1.29, 1.82) is 0 Å². The van der Waals surface area contributed by atoms with Gasteiger partial charge < -0.3 is 15.1 Å². The summed E-state index contributed by atoms with van der Waals surface area (Å²) in [7, 11) is 0. The molecule has 1 atom stereocenters. The van der Waals surface area contributed by atoms with Gasteiger partial charge in [0.25, 0.3) is 5.91 Å². The highest BCUT2D eigenvalue weighted by molar-refractivity contribution is 7.16. The Hall–Kier alpha value is -2.28. The van der Waals surface area contributed by atoms with Crippen molar-refractivity contribution in [2.75, 3.05) is 18.4 Å². The lowest BCUT2D eigenvalue weighted by Crippen LogP contribution is -2.38. The molecule has 5 rings (SSSR count). The molecule has 2 aromatic heterocycles. The van der Waals surface area contributed by atoms with E-state index < -0.39 is 0 Å². The van der Waals surface area contributed by atoms with E-state index in [2.05, 4.69) is 22.5 Å². The molecule has 0 saturated carbocycles. The van der Waals surface area contributed by atoms with Crippen LogP contribution >= 0.6 is 22.9 Å². The van der Waals surface area contributed by atoms with Gasteiger partial charge in [0.1, 0.15) is 16.5 Å². The fourth-order valence-electron chi connectivity index (χ4n) is 3.99. The quantitative estimate of drug-likeness (QED) is 0.603. The molecular weight excluding hydrogens is 406 g/mol. The highest BCUT2D eigenvalue weighted by Crippen LogP contribution is 2.41. The second kappa shape index (κ2) is 7.20. The van der Waals surface area contributed by atoms with E-state index in [1.165, 1.54) is 10.4 Å². The van der Waals surface area contributed by atoms with E-state index in [9.17, 15) is 4.79 Å². The Balaban J connectivity index is 1.42. The first-order valence-corrected chi connectivity index (χ1v) is 11.0. The van der Waals surface area contributed by atoms with Crippen LogP contribution in [0.5, 0.6) is 0 Å². The third-order valence-corrected chi connectivity index (χ3v) is 7.28. The molecule has 0 radical (unpaired) electrons. The minimum absolute atomic E-state index is 0.0254. The number of rotatable bonds is 3. The second-order valence-corrected chi connectivity index (χ2v) is 9.06. The third kappa shape index (κ3) is 3.25. The van der Waals surface area contributed by atoms with Crippen molar-refractivity contribution in [1.82, 2.24) is 10.2 Å². The van der Waals surface area contributed by atoms with Gasteiger partial charge in [-0.15, -0.1) is 11.3 Å². The SMILES string of the molecule is CCN1CCc2c(sc3c2C(=O)N[C@H](c2ccc(-c4ccc(C)c(Cl)c4)o2)N3)C1. The fraction of sp³-hybridized carbons (Fsp3) is 0.318. The Morgan fingerprint density at radius 1 is 1.28 bits per heavy atom. The zero-order valence-electron chi connectivity index (χ0n) is 16.3. The number of carbonyl (C=O) groups excluding carboxylic acids is 1. The van der Waals surface area contributed by atoms with Gasteiger partial charge in [0, 0.05) is 28.6 Å². The van der Waals surface area contributed by atoms with E-state index >= 15 is 0 Å². The van der Waals surface area contributed by atoms with Crippen LogP contribution in [0, 0.1) is 6.92 Å². The zero-order chi connectivity index (χ0) is 20.1. The number of likely N-dealkylation sites (N-methyl/N-ethyl adjacent to an activating group) is 1. The molecule has 2 aliphatic rings. The number of anilines is 1. The van der Waals surface area contributed by atoms with Crippen LogP contribution in [-0.2, 0) is 13.0 Å². The van der Waals surface area contributed by atoms with Crippen molar-refractivity contribution < 1.29 is 9.21 Å². The molecular formula is C22H22ClN3O2S. The van der Waals surface area contributed by atoms with Crippen molar-refractivity contribution in [2.45, 2.75) is 33.0 Å². The highest BCUT2D eigenvalue weighted by Gasteiger charge is 2.34. The van der Waals surface area contributed by atoms with Gasteiger partial charge in [-0.2, -0.15) is 0 Å². The van der Waals surface area contributed by atoms with Gasteiger partial charge in [-0.05, 0) is 49.2 Å². The van der Waals surface area contributed by atoms with E-state index in [1.54, 1.807) is 11.3 Å². The minimum atomic E-state index is -0.382. The van der Waals surface area contributed by atoms with Crippen LogP contribution in [0.3, 0.4) is 0 Å². The molecule has 2 N–H and O–H groups in total. The summed E-state index contributed by atoms with van der Waals surface area (Å²) in [6, 6.07) is 9.68. The van der Waals surface area contributed by atoms with Gasteiger partial charge in [-0.3, -0.25) is 9.69 Å². The maximum Gasteiger partial charge on any atom is 0.256 e. The third-order valence-electron chi connectivity index (χ3n) is 5.73. The number of nitrogens with one attached hydrogen (secondary N) is 2. The number of amides is 1. The van der Waals surface area contributed by atoms with Crippen LogP contribution in [0.25, 0.3) is 11.3 Å². The molecule has 1 aromatic carbocycles. The summed E-state index contributed by atoms with van der Waals surface area (Å²) in [5, 5.41) is 8.18. The molecule has 3 aromatic rings. The summed E-state index contributed by atoms with van der Waals surface area (Å²) in [6.07, 6.45) is 0.542. The van der Waals surface area contributed by atoms with Gasteiger partial charge in [0.2, 0.25) is 0 Å². The summed E-state index contributed by atoms with van der Waals surface area (Å²) in [6.45, 7) is 7.10. The zero-order valence-corrected chi connectivity index (χ0v) is 17.9. The van der Waals surface area contributed by atoms with Crippen molar-refractivity contribution in [3.8, 4) is 11.3 Å². The number of fused-ring (bicyclic) bond motifs is 3. The summed E-state index contributed by atoms with van der Waals surface area (Å²) in [5.41, 5.74) is 3.96. The molecule has 2 aliphatic heterocycles. The average Bonchev–Trinajstić information content (AvgIpc) is 3.34. The second-order valence-electron chi connectivity index (χ2n) is 7.54. The van der Waals surface area contributed by atoms with Crippen LogP contribution in [0.4, 0.5) is 5.00 Å². The maximum atomic E-state index is 12.9. The molecule has 0 spiro atoms. The van der Waals surface area contributed by atoms with Crippen molar-refractivity contribution in [2.24, 2.45) is 0 Å². The van der Waals surface area contributed by atoms with Crippen LogP contribution in [0.1, 0.15) is 45.2 Å². The topological polar surface area (TPSA) is 57.5 Å². The number of nitrogens with zero attached hydrogens (tertiary/aromatic N) is 1. The smallest absolute Gasteiger partial charge is 0.256 e. The predicted octanol–water partition coefficient (Wildman–Crippen LogP) is 5.20. The minimum Gasteiger partial charge on any atom is -0.457 e. The number of furan rings is 1. The largest absolute Gasteiger partial charge is 0.457 e. The summed E-state index contributed by atoms with van der Waals surface area (Å²) in [4.78, 5) is 16.6.